The first-order valence-electron chi connectivity index (χ1n) is 7.01. The van der Waals surface area contributed by atoms with Crippen molar-refractivity contribution in [1.82, 2.24) is 5.01 Å². The fourth-order valence-corrected chi connectivity index (χ4v) is 2.24. The molecule has 0 spiro atoms. The molecule has 1 aliphatic rings. The van der Waals surface area contributed by atoms with Crippen molar-refractivity contribution in [3.63, 3.8) is 0 Å². The van der Waals surface area contributed by atoms with Crippen LogP contribution in [0.3, 0.4) is 0 Å². The van der Waals surface area contributed by atoms with E-state index in [9.17, 15) is 28.2 Å². The molecule has 2 N–H and O–H groups in total. The Morgan fingerprint density at radius 1 is 1.30 bits per heavy atom. The average molecular weight is 330 g/mol. The molecule has 1 aliphatic heterocycles. The molecule has 0 aliphatic carbocycles. The Kier molecular flexibility index (Phi) is 4.50. The quantitative estimate of drug-likeness (QED) is 0.892. The first-order valence-corrected chi connectivity index (χ1v) is 7.01. The molecule has 1 aromatic carbocycles. The molecule has 2 unspecified atom stereocenters. The number of hydrogen-bond donors (Lipinski definition) is 2. The van der Waals surface area contributed by atoms with Crippen LogP contribution in [0, 0.1) is 5.92 Å². The molecule has 126 valence electrons. The van der Waals surface area contributed by atoms with E-state index in [0.29, 0.717) is 0 Å². The first-order chi connectivity index (χ1) is 10.6. The van der Waals surface area contributed by atoms with Gasteiger partial charge in [-0.1, -0.05) is 44.2 Å². The summed E-state index contributed by atoms with van der Waals surface area (Å²) in [5.74, 6) is -1.71. The topological polar surface area (TPSA) is 73.1 Å². The molecule has 2 rings (SSSR count). The Hall–Kier alpha value is -1.93. The Labute approximate surface area is 131 Å². The lowest BCUT2D eigenvalue weighted by molar-refractivity contribution is -0.303. The highest BCUT2D eigenvalue weighted by Gasteiger charge is 2.63. The smallest absolute Gasteiger partial charge is 0.378 e. The van der Waals surface area contributed by atoms with Crippen LogP contribution in [-0.4, -0.2) is 38.7 Å². The van der Waals surface area contributed by atoms with Crippen molar-refractivity contribution in [2.45, 2.75) is 38.3 Å². The van der Waals surface area contributed by atoms with Crippen molar-refractivity contribution in [2.75, 3.05) is 0 Å². The molecule has 5 nitrogen and oxygen atoms in total. The highest BCUT2D eigenvalue weighted by Crippen LogP contribution is 2.42. The maximum Gasteiger partial charge on any atom is 0.438 e. The van der Waals surface area contributed by atoms with Gasteiger partial charge in [-0.15, -0.1) is 0 Å². The number of amides is 1. The van der Waals surface area contributed by atoms with Gasteiger partial charge in [-0.25, -0.2) is 0 Å². The largest absolute Gasteiger partial charge is 0.438 e. The molecule has 1 heterocycles. The maximum absolute atomic E-state index is 13.3. The summed E-state index contributed by atoms with van der Waals surface area (Å²) in [7, 11) is 0. The van der Waals surface area contributed by atoms with Gasteiger partial charge in [0, 0.05) is 12.1 Å². The second kappa shape index (κ2) is 5.93. The van der Waals surface area contributed by atoms with Crippen molar-refractivity contribution in [3.8, 4) is 0 Å². The lowest BCUT2D eigenvalue weighted by Gasteiger charge is -2.33. The maximum atomic E-state index is 13.3. The van der Waals surface area contributed by atoms with Crippen molar-refractivity contribution < 1.29 is 28.2 Å². The van der Waals surface area contributed by atoms with Gasteiger partial charge >= 0.3 is 6.18 Å². The third-order valence-electron chi connectivity index (χ3n) is 3.68. The van der Waals surface area contributed by atoms with Crippen LogP contribution >= 0.6 is 0 Å². The number of rotatable bonds is 3. The van der Waals surface area contributed by atoms with Crippen LogP contribution in [-0.2, 0) is 4.79 Å². The Morgan fingerprint density at radius 2 is 1.87 bits per heavy atom. The highest BCUT2D eigenvalue weighted by molar-refractivity contribution is 5.93. The number of halogens is 3. The van der Waals surface area contributed by atoms with E-state index >= 15 is 0 Å². The van der Waals surface area contributed by atoms with E-state index in [-0.39, 0.29) is 22.2 Å². The number of benzene rings is 1. The third-order valence-corrected chi connectivity index (χ3v) is 3.68. The van der Waals surface area contributed by atoms with E-state index in [1.165, 1.54) is 24.3 Å². The molecule has 0 aromatic heterocycles. The predicted octanol–water partition coefficient (Wildman–Crippen LogP) is 2.22. The standard InChI is InChI=1S/C15H17F3N2O3/c1-9(2)11-8-14(23,15(16,17)18)20(19-11)13(22)12(21)10-6-4-3-5-7-10/h3-7,9,12,21,23H,8H2,1-2H3. The fraction of sp³-hybridized carbons (Fsp3) is 0.467. The zero-order chi connectivity index (χ0) is 17.4. The van der Waals surface area contributed by atoms with Crippen LogP contribution in [0.4, 0.5) is 13.2 Å². The van der Waals surface area contributed by atoms with Gasteiger partial charge in [-0.05, 0) is 11.5 Å². The van der Waals surface area contributed by atoms with E-state index in [4.69, 9.17) is 0 Å². The minimum absolute atomic E-state index is 0.0402. The second-order valence-corrected chi connectivity index (χ2v) is 5.70. The van der Waals surface area contributed by atoms with Crippen LogP contribution in [0.2, 0.25) is 0 Å². The molecule has 0 saturated heterocycles. The molecule has 1 amide bonds. The van der Waals surface area contributed by atoms with Crippen molar-refractivity contribution in [1.29, 1.82) is 0 Å². The molecule has 8 heteroatoms. The molecule has 23 heavy (non-hydrogen) atoms. The van der Waals surface area contributed by atoms with Crippen molar-refractivity contribution >= 4 is 11.6 Å². The summed E-state index contributed by atoms with van der Waals surface area (Å²) in [6.07, 6.45) is -7.78. The summed E-state index contributed by atoms with van der Waals surface area (Å²) in [4.78, 5) is 12.3. The molecule has 1 aromatic rings. The van der Waals surface area contributed by atoms with Crippen LogP contribution in [0.1, 0.15) is 31.9 Å². The number of hydrazone groups is 1. The van der Waals surface area contributed by atoms with E-state index in [2.05, 4.69) is 5.10 Å². The summed E-state index contributed by atoms with van der Waals surface area (Å²) in [5, 5.41) is 23.6. The lowest BCUT2D eigenvalue weighted by atomic mass is 9.98. The normalized spacial score (nSPS) is 23.1. The molecule has 0 radical (unpaired) electrons. The molecular weight excluding hydrogens is 313 g/mol. The zero-order valence-electron chi connectivity index (χ0n) is 12.6. The fourth-order valence-electron chi connectivity index (χ4n) is 2.24. The van der Waals surface area contributed by atoms with Crippen LogP contribution in [0.25, 0.3) is 0 Å². The molecule has 2 atom stereocenters. The monoisotopic (exact) mass is 330 g/mol. The summed E-state index contributed by atoms with van der Waals surface area (Å²) in [6.45, 7) is 3.22. The summed E-state index contributed by atoms with van der Waals surface area (Å²) in [5.41, 5.74) is -3.28. The van der Waals surface area contributed by atoms with E-state index in [0.717, 1.165) is 0 Å². The van der Waals surface area contributed by atoms with Gasteiger partial charge in [0.25, 0.3) is 11.6 Å². The van der Waals surface area contributed by atoms with Crippen LogP contribution in [0.15, 0.2) is 35.4 Å². The first kappa shape index (κ1) is 17.4. The number of aliphatic hydroxyl groups excluding tert-OH is 1. The molecular formula is C15H17F3N2O3. The van der Waals surface area contributed by atoms with E-state index in [1.807, 2.05) is 0 Å². The minimum Gasteiger partial charge on any atom is -0.378 e. The molecule has 0 saturated carbocycles. The van der Waals surface area contributed by atoms with Gasteiger partial charge in [-0.3, -0.25) is 4.79 Å². The zero-order valence-corrected chi connectivity index (χ0v) is 12.6. The third kappa shape index (κ3) is 3.09. The van der Waals surface area contributed by atoms with E-state index < -0.39 is 30.3 Å². The van der Waals surface area contributed by atoms with Gasteiger partial charge in [0.05, 0.1) is 0 Å². The average Bonchev–Trinajstić information content (AvgIpc) is 2.86. The Bertz CT molecular complexity index is 616. The minimum atomic E-state index is -5.10. The second-order valence-electron chi connectivity index (χ2n) is 5.70. The number of carbonyl (C=O) groups is 1. The van der Waals surface area contributed by atoms with Gasteiger partial charge in [0.15, 0.2) is 6.10 Å². The summed E-state index contributed by atoms with van der Waals surface area (Å²) >= 11 is 0. The van der Waals surface area contributed by atoms with Crippen molar-refractivity contribution in [3.05, 3.63) is 35.9 Å². The number of hydrogen-bond acceptors (Lipinski definition) is 4. The number of carbonyl (C=O) groups excluding carboxylic acids is 1. The summed E-state index contributed by atoms with van der Waals surface area (Å²) in [6, 6.07) is 7.51. The lowest BCUT2D eigenvalue weighted by Crippen LogP contribution is -2.57. The van der Waals surface area contributed by atoms with Crippen molar-refractivity contribution in [2.24, 2.45) is 11.0 Å². The molecule has 0 bridgehead atoms. The van der Waals surface area contributed by atoms with Crippen LogP contribution in [0.5, 0.6) is 0 Å². The number of alkyl halides is 3. The Morgan fingerprint density at radius 3 is 2.35 bits per heavy atom. The van der Waals surface area contributed by atoms with E-state index in [1.54, 1.807) is 19.9 Å². The molecule has 0 fully saturated rings. The van der Waals surface area contributed by atoms with Gasteiger partial charge in [-0.2, -0.15) is 23.3 Å². The predicted molar refractivity (Wildman–Crippen MR) is 76.1 cm³/mol. The Balaban J connectivity index is 2.38. The van der Waals surface area contributed by atoms with Gasteiger partial charge < -0.3 is 10.2 Å². The van der Waals surface area contributed by atoms with Gasteiger partial charge in [0.1, 0.15) is 0 Å². The van der Waals surface area contributed by atoms with Gasteiger partial charge in [0.2, 0.25) is 0 Å². The SMILES string of the molecule is CC(C)C1=NN(C(=O)C(O)c2ccccc2)C(O)(C(F)(F)F)C1. The summed E-state index contributed by atoms with van der Waals surface area (Å²) < 4.78 is 39.8. The van der Waals surface area contributed by atoms with Crippen LogP contribution < -0.4 is 0 Å². The number of aliphatic hydroxyl groups is 2. The number of nitrogens with zero attached hydrogens (tertiary/aromatic N) is 2. The highest BCUT2D eigenvalue weighted by atomic mass is 19.4.